The summed E-state index contributed by atoms with van der Waals surface area (Å²) in [5, 5.41) is 12.4. The van der Waals surface area contributed by atoms with Gasteiger partial charge in [-0.3, -0.25) is 4.79 Å². The fourth-order valence-electron chi connectivity index (χ4n) is 2.69. The number of para-hydroxylation sites is 2. The van der Waals surface area contributed by atoms with Gasteiger partial charge in [-0.1, -0.05) is 25.0 Å². The molecule has 1 amide bonds. The van der Waals surface area contributed by atoms with Crippen LogP contribution in [0.25, 0.3) is 0 Å². The third-order valence-electron chi connectivity index (χ3n) is 3.78. The van der Waals surface area contributed by atoms with Crippen molar-refractivity contribution < 1.29 is 19.4 Å². The van der Waals surface area contributed by atoms with Crippen LogP contribution in [-0.4, -0.2) is 36.4 Å². The van der Waals surface area contributed by atoms with Gasteiger partial charge in [0.05, 0.1) is 18.8 Å². The fourth-order valence-corrected chi connectivity index (χ4v) is 2.69. The standard InChI is InChI=1S/C16H23NO4/c1-2-20-13-7-3-4-8-14(13)21-11-15(19)17-16(12-18)9-5-6-10-16/h3-4,7-8,18H,2,5-6,9-12H2,1H3,(H,17,19). The summed E-state index contributed by atoms with van der Waals surface area (Å²) in [5.41, 5.74) is -0.458. The first-order valence-electron chi connectivity index (χ1n) is 7.45. The Hall–Kier alpha value is -1.75. The van der Waals surface area contributed by atoms with E-state index in [0.29, 0.717) is 18.1 Å². The Kier molecular flexibility index (Phi) is 5.44. The van der Waals surface area contributed by atoms with Crippen LogP contribution in [0.4, 0.5) is 0 Å². The van der Waals surface area contributed by atoms with E-state index in [0.717, 1.165) is 25.7 Å². The van der Waals surface area contributed by atoms with Crippen LogP contribution in [0.1, 0.15) is 32.6 Å². The van der Waals surface area contributed by atoms with Crippen molar-refractivity contribution >= 4 is 5.91 Å². The number of hydrogen-bond acceptors (Lipinski definition) is 4. The predicted molar refractivity (Wildman–Crippen MR) is 79.5 cm³/mol. The second-order valence-corrected chi connectivity index (χ2v) is 5.36. The highest BCUT2D eigenvalue weighted by atomic mass is 16.5. The van der Waals surface area contributed by atoms with Crippen LogP contribution < -0.4 is 14.8 Å². The minimum absolute atomic E-state index is 0.0196. The summed E-state index contributed by atoms with van der Waals surface area (Å²) in [6, 6.07) is 7.28. The van der Waals surface area contributed by atoms with Gasteiger partial charge in [-0.25, -0.2) is 0 Å². The second kappa shape index (κ2) is 7.31. The van der Waals surface area contributed by atoms with Crippen LogP contribution in [0.5, 0.6) is 11.5 Å². The topological polar surface area (TPSA) is 67.8 Å². The zero-order valence-corrected chi connectivity index (χ0v) is 12.4. The van der Waals surface area contributed by atoms with Gasteiger partial charge < -0.3 is 19.9 Å². The number of benzene rings is 1. The quantitative estimate of drug-likeness (QED) is 0.805. The van der Waals surface area contributed by atoms with Crippen molar-refractivity contribution in [2.45, 2.75) is 38.1 Å². The Morgan fingerprint density at radius 2 is 1.86 bits per heavy atom. The average Bonchev–Trinajstić information content (AvgIpc) is 2.96. The summed E-state index contributed by atoms with van der Waals surface area (Å²) in [6.07, 6.45) is 3.72. The summed E-state index contributed by atoms with van der Waals surface area (Å²) in [5.74, 6) is 0.974. The largest absolute Gasteiger partial charge is 0.490 e. The smallest absolute Gasteiger partial charge is 0.258 e. The molecule has 2 N–H and O–H groups in total. The molecule has 0 bridgehead atoms. The first kappa shape index (κ1) is 15.6. The van der Waals surface area contributed by atoms with Crippen LogP contribution in [0.2, 0.25) is 0 Å². The number of ether oxygens (including phenoxy) is 2. The molecule has 0 spiro atoms. The zero-order chi connectivity index (χ0) is 15.1. The molecule has 2 rings (SSSR count). The van der Waals surface area contributed by atoms with Crippen LogP contribution in [0.15, 0.2) is 24.3 Å². The maximum Gasteiger partial charge on any atom is 0.258 e. The average molecular weight is 293 g/mol. The Morgan fingerprint density at radius 3 is 2.43 bits per heavy atom. The molecule has 0 radical (unpaired) electrons. The molecule has 1 aromatic rings. The first-order chi connectivity index (χ1) is 10.2. The Morgan fingerprint density at radius 1 is 1.24 bits per heavy atom. The summed E-state index contributed by atoms with van der Waals surface area (Å²) in [7, 11) is 0. The van der Waals surface area contributed by atoms with Crippen LogP contribution in [-0.2, 0) is 4.79 Å². The molecule has 0 unspecified atom stereocenters. The van der Waals surface area contributed by atoms with Crippen molar-refractivity contribution in [3.63, 3.8) is 0 Å². The van der Waals surface area contributed by atoms with Gasteiger partial charge in [0, 0.05) is 0 Å². The van der Waals surface area contributed by atoms with E-state index < -0.39 is 5.54 Å². The van der Waals surface area contributed by atoms with Crippen molar-refractivity contribution in [3.8, 4) is 11.5 Å². The first-order valence-corrected chi connectivity index (χ1v) is 7.45. The van der Waals surface area contributed by atoms with Crippen LogP contribution >= 0.6 is 0 Å². The number of aliphatic hydroxyl groups excluding tert-OH is 1. The molecule has 1 aliphatic rings. The summed E-state index contributed by atoms with van der Waals surface area (Å²) >= 11 is 0. The molecular weight excluding hydrogens is 270 g/mol. The van der Waals surface area contributed by atoms with Crippen molar-refractivity contribution in [2.24, 2.45) is 0 Å². The number of hydrogen-bond donors (Lipinski definition) is 2. The summed E-state index contributed by atoms with van der Waals surface area (Å²) < 4.78 is 11.0. The molecule has 1 aromatic carbocycles. The lowest BCUT2D eigenvalue weighted by atomic mass is 9.99. The highest BCUT2D eigenvalue weighted by molar-refractivity contribution is 5.78. The summed E-state index contributed by atoms with van der Waals surface area (Å²) in [4.78, 5) is 12.0. The Bertz CT molecular complexity index is 469. The van der Waals surface area contributed by atoms with Crippen LogP contribution in [0, 0.1) is 0 Å². The minimum atomic E-state index is -0.458. The molecule has 1 saturated carbocycles. The lowest BCUT2D eigenvalue weighted by molar-refractivity contribution is -0.125. The molecule has 5 nitrogen and oxygen atoms in total. The van der Waals surface area contributed by atoms with E-state index in [-0.39, 0.29) is 19.1 Å². The third-order valence-corrected chi connectivity index (χ3v) is 3.78. The van der Waals surface area contributed by atoms with E-state index in [1.54, 1.807) is 6.07 Å². The van der Waals surface area contributed by atoms with Gasteiger partial charge in [-0.2, -0.15) is 0 Å². The molecule has 0 aromatic heterocycles. The molecule has 21 heavy (non-hydrogen) atoms. The molecule has 1 aliphatic carbocycles. The normalized spacial score (nSPS) is 16.5. The molecule has 0 saturated heterocycles. The molecule has 116 valence electrons. The van der Waals surface area contributed by atoms with Crippen molar-refractivity contribution in [1.82, 2.24) is 5.32 Å². The number of aliphatic hydroxyl groups is 1. The van der Waals surface area contributed by atoms with Gasteiger partial charge >= 0.3 is 0 Å². The Labute approximate surface area is 125 Å². The van der Waals surface area contributed by atoms with Gasteiger partial charge in [0.2, 0.25) is 0 Å². The number of nitrogens with one attached hydrogen (secondary N) is 1. The molecule has 0 aliphatic heterocycles. The van der Waals surface area contributed by atoms with Crippen LogP contribution in [0.3, 0.4) is 0 Å². The zero-order valence-electron chi connectivity index (χ0n) is 12.4. The molecule has 0 heterocycles. The summed E-state index contributed by atoms with van der Waals surface area (Å²) in [6.45, 7) is 2.34. The van der Waals surface area contributed by atoms with Gasteiger partial charge in [0.25, 0.3) is 5.91 Å². The van der Waals surface area contributed by atoms with E-state index in [2.05, 4.69) is 5.32 Å². The number of carbonyl (C=O) groups excluding carboxylic acids is 1. The maximum atomic E-state index is 12.0. The molecule has 5 heteroatoms. The highest BCUT2D eigenvalue weighted by Gasteiger charge is 2.34. The predicted octanol–water partition coefficient (Wildman–Crippen LogP) is 1.89. The maximum absolute atomic E-state index is 12.0. The van der Waals surface area contributed by atoms with E-state index in [1.165, 1.54) is 0 Å². The van der Waals surface area contributed by atoms with Gasteiger partial charge in [0.1, 0.15) is 0 Å². The third kappa shape index (κ3) is 4.11. The van der Waals surface area contributed by atoms with Gasteiger partial charge in [-0.05, 0) is 31.9 Å². The minimum Gasteiger partial charge on any atom is -0.490 e. The van der Waals surface area contributed by atoms with Gasteiger partial charge in [0.15, 0.2) is 18.1 Å². The second-order valence-electron chi connectivity index (χ2n) is 5.36. The lowest BCUT2D eigenvalue weighted by Gasteiger charge is -2.27. The van der Waals surface area contributed by atoms with Crippen molar-refractivity contribution in [1.29, 1.82) is 0 Å². The van der Waals surface area contributed by atoms with E-state index in [1.807, 2.05) is 25.1 Å². The Balaban J connectivity index is 1.89. The number of amides is 1. The lowest BCUT2D eigenvalue weighted by Crippen LogP contribution is -2.50. The fraction of sp³-hybridized carbons (Fsp3) is 0.562. The number of rotatable bonds is 7. The van der Waals surface area contributed by atoms with E-state index >= 15 is 0 Å². The van der Waals surface area contributed by atoms with Gasteiger partial charge in [-0.15, -0.1) is 0 Å². The SMILES string of the molecule is CCOc1ccccc1OCC(=O)NC1(CO)CCCC1. The molecule has 1 fully saturated rings. The molecule has 0 atom stereocenters. The molecular formula is C16H23NO4. The van der Waals surface area contributed by atoms with E-state index in [9.17, 15) is 9.90 Å². The van der Waals surface area contributed by atoms with E-state index in [4.69, 9.17) is 9.47 Å². The monoisotopic (exact) mass is 293 g/mol. The highest BCUT2D eigenvalue weighted by Crippen LogP contribution is 2.29. The van der Waals surface area contributed by atoms with Crippen molar-refractivity contribution in [3.05, 3.63) is 24.3 Å². The van der Waals surface area contributed by atoms with Crippen molar-refractivity contribution in [2.75, 3.05) is 19.8 Å². The number of carbonyl (C=O) groups is 1.